The number of fused-ring (bicyclic) bond motifs is 1. The zero-order valence-corrected chi connectivity index (χ0v) is 9.08. The van der Waals surface area contributed by atoms with E-state index in [1.807, 2.05) is 6.07 Å². The Morgan fingerprint density at radius 3 is 3.20 bits per heavy atom. The van der Waals surface area contributed by atoms with E-state index in [0.717, 1.165) is 11.3 Å². The highest BCUT2D eigenvalue weighted by Crippen LogP contribution is 2.37. The van der Waals surface area contributed by atoms with Crippen LogP contribution in [0.4, 0.5) is 0 Å². The molecule has 0 bridgehead atoms. The molecular formula is C11H11ClO3. The highest BCUT2D eigenvalue weighted by Gasteiger charge is 2.26. The van der Waals surface area contributed by atoms with Gasteiger partial charge >= 0.3 is 5.97 Å². The van der Waals surface area contributed by atoms with Crippen LogP contribution in [0.15, 0.2) is 18.2 Å². The van der Waals surface area contributed by atoms with Crippen molar-refractivity contribution in [1.82, 2.24) is 0 Å². The molecule has 0 aliphatic carbocycles. The average Bonchev–Trinajstić information content (AvgIpc) is 2.60. The van der Waals surface area contributed by atoms with Crippen LogP contribution in [0.3, 0.4) is 0 Å². The van der Waals surface area contributed by atoms with Crippen molar-refractivity contribution in [2.75, 3.05) is 13.7 Å². The van der Waals surface area contributed by atoms with Crippen LogP contribution in [0.1, 0.15) is 17.9 Å². The van der Waals surface area contributed by atoms with E-state index in [1.54, 1.807) is 12.1 Å². The molecule has 0 N–H and O–H groups in total. The Hall–Kier alpha value is -1.22. The van der Waals surface area contributed by atoms with Gasteiger partial charge in [0.15, 0.2) is 0 Å². The van der Waals surface area contributed by atoms with Gasteiger partial charge in [-0.3, -0.25) is 4.79 Å². The molecule has 0 aromatic heterocycles. The van der Waals surface area contributed by atoms with E-state index in [0.29, 0.717) is 18.1 Å². The number of methoxy groups -OCH3 is 1. The van der Waals surface area contributed by atoms with Crippen LogP contribution in [-0.4, -0.2) is 19.7 Å². The SMILES string of the molecule is COC(=O)CC1COc2cc(Cl)ccc21. The second-order valence-electron chi connectivity index (χ2n) is 3.47. The number of halogens is 1. The Morgan fingerprint density at radius 1 is 1.67 bits per heavy atom. The van der Waals surface area contributed by atoms with E-state index < -0.39 is 0 Å². The second-order valence-corrected chi connectivity index (χ2v) is 3.91. The molecule has 3 nitrogen and oxygen atoms in total. The molecule has 1 aliphatic rings. The van der Waals surface area contributed by atoms with Crippen molar-refractivity contribution in [2.45, 2.75) is 12.3 Å². The maximum Gasteiger partial charge on any atom is 0.306 e. The Bertz CT molecular complexity index is 389. The molecule has 1 heterocycles. The maximum atomic E-state index is 11.1. The summed E-state index contributed by atoms with van der Waals surface area (Å²) in [7, 11) is 1.39. The van der Waals surface area contributed by atoms with Crippen molar-refractivity contribution in [3.05, 3.63) is 28.8 Å². The minimum absolute atomic E-state index is 0.0877. The van der Waals surface area contributed by atoms with Gasteiger partial charge in [0.25, 0.3) is 0 Å². The molecule has 2 rings (SSSR count). The van der Waals surface area contributed by atoms with Crippen molar-refractivity contribution < 1.29 is 14.3 Å². The van der Waals surface area contributed by atoms with E-state index >= 15 is 0 Å². The molecule has 1 aromatic rings. The molecule has 1 unspecified atom stereocenters. The predicted octanol–water partition coefficient (Wildman–Crippen LogP) is 2.38. The molecule has 0 amide bonds. The summed E-state index contributed by atoms with van der Waals surface area (Å²) in [5.74, 6) is 0.646. The third kappa shape index (κ3) is 2.07. The van der Waals surface area contributed by atoms with Gasteiger partial charge in [-0.25, -0.2) is 0 Å². The lowest BCUT2D eigenvalue weighted by Crippen LogP contribution is -2.09. The normalized spacial score (nSPS) is 18.1. The summed E-state index contributed by atoms with van der Waals surface area (Å²) >= 11 is 5.83. The Kier molecular flexibility index (Phi) is 2.82. The third-order valence-electron chi connectivity index (χ3n) is 2.50. The lowest BCUT2D eigenvalue weighted by atomic mass is 9.98. The van der Waals surface area contributed by atoms with Gasteiger partial charge in [0.1, 0.15) is 5.75 Å². The number of benzene rings is 1. The number of ether oxygens (including phenoxy) is 2. The van der Waals surface area contributed by atoms with Crippen molar-refractivity contribution in [1.29, 1.82) is 0 Å². The first-order chi connectivity index (χ1) is 7.20. The van der Waals surface area contributed by atoms with Crippen molar-refractivity contribution in [3.8, 4) is 5.75 Å². The van der Waals surface area contributed by atoms with E-state index in [9.17, 15) is 4.79 Å². The Morgan fingerprint density at radius 2 is 2.47 bits per heavy atom. The molecule has 0 spiro atoms. The van der Waals surface area contributed by atoms with Gasteiger partial charge in [0.2, 0.25) is 0 Å². The van der Waals surface area contributed by atoms with Gasteiger partial charge in [-0.05, 0) is 12.1 Å². The van der Waals surface area contributed by atoms with Crippen LogP contribution in [0.5, 0.6) is 5.75 Å². The van der Waals surface area contributed by atoms with Crippen LogP contribution < -0.4 is 4.74 Å². The number of rotatable bonds is 2. The smallest absolute Gasteiger partial charge is 0.306 e. The molecule has 1 atom stereocenters. The minimum atomic E-state index is -0.216. The Labute approximate surface area is 92.9 Å². The standard InChI is InChI=1S/C11H11ClO3/c1-14-11(13)4-7-6-15-10-5-8(12)2-3-9(7)10/h2-3,5,7H,4,6H2,1H3. The summed E-state index contributed by atoms with van der Waals surface area (Å²) in [4.78, 5) is 11.1. The first-order valence-electron chi connectivity index (χ1n) is 4.70. The molecular weight excluding hydrogens is 216 g/mol. The summed E-state index contributed by atoms with van der Waals surface area (Å²) in [5.41, 5.74) is 1.03. The van der Waals surface area contributed by atoms with Gasteiger partial charge < -0.3 is 9.47 Å². The third-order valence-corrected chi connectivity index (χ3v) is 2.73. The molecule has 80 valence electrons. The van der Waals surface area contributed by atoms with Crippen LogP contribution in [-0.2, 0) is 9.53 Å². The van der Waals surface area contributed by atoms with Gasteiger partial charge in [-0.1, -0.05) is 17.7 Å². The molecule has 0 radical (unpaired) electrons. The monoisotopic (exact) mass is 226 g/mol. The fraction of sp³-hybridized carbons (Fsp3) is 0.364. The van der Waals surface area contributed by atoms with Gasteiger partial charge in [-0.15, -0.1) is 0 Å². The lowest BCUT2D eigenvalue weighted by Gasteiger charge is -2.06. The fourth-order valence-corrected chi connectivity index (χ4v) is 1.87. The number of esters is 1. The second kappa shape index (κ2) is 4.11. The number of hydrogen-bond donors (Lipinski definition) is 0. The van der Waals surface area contributed by atoms with Gasteiger partial charge in [-0.2, -0.15) is 0 Å². The zero-order chi connectivity index (χ0) is 10.8. The summed E-state index contributed by atoms with van der Waals surface area (Å²) in [6.45, 7) is 0.519. The quantitative estimate of drug-likeness (QED) is 0.727. The molecule has 15 heavy (non-hydrogen) atoms. The molecule has 0 fully saturated rings. The van der Waals surface area contributed by atoms with E-state index in [2.05, 4.69) is 4.74 Å². The summed E-state index contributed by atoms with van der Waals surface area (Å²) in [5, 5.41) is 0.646. The van der Waals surface area contributed by atoms with Crippen molar-refractivity contribution in [3.63, 3.8) is 0 Å². The van der Waals surface area contributed by atoms with Crippen LogP contribution in [0.25, 0.3) is 0 Å². The zero-order valence-electron chi connectivity index (χ0n) is 8.33. The van der Waals surface area contributed by atoms with Crippen LogP contribution in [0, 0.1) is 0 Å². The van der Waals surface area contributed by atoms with Crippen molar-refractivity contribution in [2.24, 2.45) is 0 Å². The summed E-state index contributed by atoms with van der Waals surface area (Å²) in [6.07, 6.45) is 0.352. The van der Waals surface area contributed by atoms with Crippen LogP contribution in [0.2, 0.25) is 5.02 Å². The van der Waals surface area contributed by atoms with Gasteiger partial charge in [0.05, 0.1) is 20.1 Å². The lowest BCUT2D eigenvalue weighted by molar-refractivity contribution is -0.141. The number of hydrogen-bond acceptors (Lipinski definition) is 3. The first kappa shape index (κ1) is 10.3. The summed E-state index contributed by atoms with van der Waals surface area (Å²) < 4.78 is 10.1. The number of carbonyl (C=O) groups is 1. The fourth-order valence-electron chi connectivity index (χ4n) is 1.70. The minimum Gasteiger partial charge on any atom is -0.493 e. The molecule has 0 saturated carbocycles. The van der Waals surface area contributed by atoms with Crippen LogP contribution >= 0.6 is 11.6 Å². The van der Waals surface area contributed by atoms with E-state index in [4.69, 9.17) is 16.3 Å². The molecule has 1 aliphatic heterocycles. The van der Waals surface area contributed by atoms with E-state index in [1.165, 1.54) is 7.11 Å². The van der Waals surface area contributed by atoms with Gasteiger partial charge in [0, 0.05) is 16.5 Å². The first-order valence-corrected chi connectivity index (χ1v) is 5.07. The highest BCUT2D eigenvalue weighted by molar-refractivity contribution is 6.30. The predicted molar refractivity (Wildman–Crippen MR) is 56.3 cm³/mol. The molecule has 4 heteroatoms. The highest BCUT2D eigenvalue weighted by atomic mass is 35.5. The average molecular weight is 227 g/mol. The van der Waals surface area contributed by atoms with E-state index in [-0.39, 0.29) is 11.9 Å². The number of carbonyl (C=O) groups excluding carboxylic acids is 1. The van der Waals surface area contributed by atoms with Crippen molar-refractivity contribution >= 4 is 17.6 Å². The largest absolute Gasteiger partial charge is 0.493 e. The Balaban J connectivity index is 2.18. The molecule has 0 saturated heterocycles. The molecule has 1 aromatic carbocycles. The topological polar surface area (TPSA) is 35.5 Å². The summed E-state index contributed by atoms with van der Waals surface area (Å²) in [6, 6.07) is 5.48. The maximum absolute atomic E-state index is 11.1.